The number of carbonyl (C=O) groups excluding carboxylic acids is 2. The average molecular weight is 262 g/mol. The molecule has 1 aliphatic rings. The maximum Gasteiger partial charge on any atom is 0.261 e. The van der Waals surface area contributed by atoms with E-state index in [2.05, 4.69) is 0 Å². The Bertz CT molecular complexity index is 470. The van der Waals surface area contributed by atoms with Crippen molar-refractivity contribution in [3.8, 4) is 5.75 Å². The molecule has 0 aromatic heterocycles. The summed E-state index contributed by atoms with van der Waals surface area (Å²) in [6.07, 6.45) is 1.45. The maximum absolute atomic E-state index is 12.0. The standard InChI is InChI=1S/C14H18N2O3/c1-10-4-6-11(7-5-10)19-9-13(17)16-8-2-3-12(16)14(15)18/h4-7,12H,2-3,8-9H2,1H3,(H2,15,18)/t12-/m0/s1. The summed E-state index contributed by atoms with van der Waals surface area (Å²) in [5.41, 5.74) is 6.41. The molecule has 1 aromatic rings. The van der Waals surface area contributed by atoms with Crippen LogP contribution in [0.3, 0.4) is 0 Å². The summed E-state index contributed by atoms with van der Waals surface area (Å²) < 4.78 is 5.42. The number of hydrogen-bond acceptors (Lipinski definition) is 3. The normalized spacial score (nSPS) is 18.4. The number of benzene rings is 1. The number of hydrogen-bond donors (Lipinski definition) is 1. The van der Waals surface area contributed by atoms with Gasteiger partial charge in [-0.3, -0.25) is 9.59 Å². The van der Waals surface area contributed by atoms with Crippen LogP contribution in [-0.4, -0.2) is 35.9 Å². The van der Waals surface area contributed by atoms with Crippen LogP contribution in [-0.2, 0) is 9.59 Å². The molecule has 0 unspecified atom stereocenters. The van der Waals surface area contributed by atoms with Crippen molar-refractivity contribution in [2.75, 3.05) is 13.2 Å². The molecule has 1 atom stereocenters. The molecule has 1 heterocycles. The molecule has 2 N–H and O–H groups in total. The SMILES string of the molecule is Cc1ccc(OCC(=O)N2CCC[C@H]2C(N)=O)cc1. The van der Waals surface area contributed by atoms with Crippen LogP contribution in [0.5, 0.6) is 5.75 Å². The molecular weight excluding hydrogens is 244 g/mol. The van der Waals surface area contributed by atoms with Crippen LogP contribution in [0, 0.1) is 6.92 Å². The van der Waals surface area contributed by atoms with Crippen LogP contribution in [0.2, 0.25) is 0 Å². The van der Waals surface area contributed by atoms with E-state index in [1.807, 2.05) is 31.2 Å². The first-order valence-electron chi connectivity index (χ1n) is 6.36. The summed E-state index contributed by atoms with van der Waals surface area (Å²) >= 11 is 0. The maximum atomic E-state index is 12.0. The molecule has 1 saturated heterocycles. The van der Waals surface area contributed by atoms with Gasteiger partial charge in [-0.25, -0.2) is 0 Å². The van der Waals surface area contributed by atoms with Crippen molar-refractivity contribution in [2.45, 2.75) is 25.8 Å². The van der Waals surface area contributed by atoms with Gasteiger partial charge < -0.3 is 15.4 Å². The second-order valence-corrected chi connectivity index (χ2v) is 4.75. The summed E-state index contributed by atoms with van der Waals surface area (Å²) in [7, 11) is 0. The van der Waals surface area contributed by atoms with Gasteiger partial charge in [-0.05, 0) is 31.9 Å². The number of aryl methyl sites for hydroxylation is 1. The third-order valence-electron chi connectivity index (χ3n) is 3.28. The lowest BCUT2D eigenvalue weighted by Gasteiger charge is -2.22. The van der Waals surface area contributed by atoms with E-state index < -0.39 is 11.9 Å². The lowest BCUT2D eigenvalue weighted by Crippen LogP contribution is -2.45. The topological polar surface area (TPSA) is 72.6 Å². The zero-order chi connectivity index (χ0) is 13.8. The summed E-state index contributed by atoms with van der Waals surface area (Å²) in [5, 5.41) is 0. The number of primary amides is 1. The van der Waals surface area contributed by atoms with Gasteiger partial charge in [0.25, 0.3) is 5.91 Å². The highest BCUT2D eigenvalue weighted by Gasteiger charge is 2.32. The molecule has 2 amide bonds. The zero-order valence-corrected chi connectivity index (χ0v) is 11.0. The van der Waals surface area contributed by atoms with E-state index >= 15 is 0 Å². The largest absolute Gasteiger partial charge is 0.484 e. The van der Waals surface area contributed by atoms with Crippen LogP contribution in [0.4, 0.5) is 0 Å². The van der Waals surface area contributed by atoms with Crippen LogP contribution in [0.1, 0.15) is 18.4 Å². The summed E-state index contributed by atoms with van der Waals surface area (Å²) in [6.45, 7) is 2.49. The third-order valence-corrected chi connectivity index (χ3v) is 3.28. The molecule has 1 aliphatic heterocycles. The summed E-state index contributed by atoms with van der Waals surface area (Å²) in [6, 6.07) is 6.99. The Balaban J connectivity index is 1.90. The number of nitrogens with two attached hydrogens (primary N) is 1. The van der Waals surface area contributed by atoms with E-state index in [-0.39, 0.29) is 12.5 Å². The first kappa shape index (κ1) is 13.4. The Morgan fingerprint density at radius 1 is 1.37 bits per heavy atom. The fourth-order valence-electron chi connectivity index (χ4n) is 2.22. The molecule has 0 aliphatic carbocycles. The monoisotopic (exact) mass is 262 g/mol. The van der Waals surface area contributed by atoms with Crippen molar-refractivity contribution in [3.05, 3.63) is 29.8 Å². The quantitative estimate of drug-likeness (QED) is 0.874. The number of likely N-dealkylation sites (tertiary alicyclic amines) is 1. The summed E-state index contributed by atoms with van der Waals surface area (Å²) in [4.78, 5) is 24.7. The Labute approximate surface area is 112 Å². The van der Waals surface area contributed by atoms with E-state index in [0.717, 1.165) is 12.0 Å². The number of amides is 2. The van der Waals surface area contributed by atoms with Gasteiger partial charge in [0.05, 0.1) is 0 Å². The number of nitrogens with zero attached hydrogens (tertiary/aromatic N) is 1. The fraction of sp³-hybridized carbons (Fsp3) is 0.429. The van der Waals surface area contributed by atoms with Crippen molar-refractivity contribution < 1.29 is 14.3 Å². The molecule has 2 rings (SSSR count). The zero-order valence-electron chi connectivity index (χ0n) is 11.0. The minimum Gasteiger partial charge on any atom is -0.484 e. The van der Waals surface area contributed by atoms with E-state index in [0.29, 0.717) is 18.7 Å². The second kappa shape index (κ2) is 5.73. The van der Waals surface area contributed by atoms with Gasteiger partial charge in [0.15, 0.2) is 6.61 Å². The van der Waals surface area contributed by atoms with Gasteiger partial charge in [-0.1, -0.05) is 17.7 Å². The van der Waals surface area contributed by atoms with Crippen molar-refractivity contribution in [2.24, 2.45) is 5.73 Å². The molecule has 19 heavy (non-hydrogen) atoms. The number of ether oxygens (including phenoxy) is 1. The predicted molar refractivity (Wildman–Crippen MR) is 70.6 cm³/mol. The van der Waals surface area contributed by atoms with Crippen molar-refractivity contribution in [1.29, 1.82) is 0 Å². The van der Waals surface area contributed by atoms with Crippen LogP contribution >= 0.6 is 0 Å². The predicted octanol–water partition coefficient (Wildman–Crippen LogP) is 0.850. The molecule has 102 valence electrons. The van der Waals surface area contributed by atoms with Crippen LogP contribution in [0.15, 0.2) is 24.3 Å². The molecule has 1 fully saturated rings. The van der Waals surface area contributed by atoms with Gasteiger partial charge in [-0.15, -0.1) is 0 Å². The van der Waals surface area contributed by atoms with E-state index in [1.165, 1.54) is 4.90 Å². The number of carbonyl (C=O) groups is 2. The van der Waals surface area contributed by atoms with E-state index in [4.69, 9.17) is 10.5 Å². The molecule has 0 bridgehead atoms. The highest BCUT2D eigenvalue weighted by atomic mass is 16.5. The highest BCUT2D eigenvalue weighted by molar-refractivity contribution is 5.87. The minimum absolute atomic E-state index is 0.0627. The van der Waals surface area contributed by atoms with Gasteiger partial charge >= 0.3 is 0 Å². The fourth-order valence-corrected chi connectivity index (χ4v) is 2.22. The molecule has 1 aromatic carbocycles. The van der Waals surface area contributed by atoms with Gasteiger partial charge in [-0.2, -0.15) is 0 Å². The van der Waals surface area contributed by atoms with Crippen molar-refractivity contribution >= 4 is 11.8 Å². The van der Waals surface area contributed by atoms with E-state index in [1.54, 1.807) is 0 Å². The number of rotatable bonds is 4. The van der Waals surface area contributed by atoms with Crippen molar-refractivity contribution in [3.63, 3.8) is 0 Å². The Morgan fingerprint density at radius 2 is 2.05 bits per heavy atom. The first-order valence-corrected chi connectivity index (χ1v) is 6.36. The van der Waals surface area contributed by atoms with Crippen LogP contribution < -0.4 is 10.5 Å². The molecule has 5 nitrogen and oxygen atoms in total. The lowest BCUT2D eigenvalue weighted by molar-refractivity contribution is -0.138. The van der Waals surface area contributed by atoms with Crippen molar-refractivity contribution in [1.82, 2.24) is 4.90 Å². The Kier molecular flexibility index (Phi) is 4.04. The Hall–Kier alpha value is -2.04. The molecule has 5 heteroatoms. The molecule has 0 radical (unpaired) electrons. The molecule has 0 saturated carbocycles. The van der Waals surface area contributed by atoms with Gasteiger partial charge in [0.2, 0.25) is 5.91 Å². The third kappa shape index (κ3) is 3.24. The first-order chi connectivity index (χ1) is 9.08. The Morgan fingerprint density at radius 3 is 2.68 bits per heavy atom. The molecule has 0 spiro atoms. The smallest absolute Gasteiger partial charge is 0.261 e. The van der Waals surface area contributed by atoms with Crippen LogP contribution in [0.25, 0.3) is 0 Å². The van der Waals surface area contributed by atoms with Gasteiger partial charge in [0.1, 0.15) is 11.8 Å². The minimum atomic E-state index is -0.478. The van der Waals surface area contributed by atoms with E-state index in [9.17, 15) is 9.59 Å². The average Bonchev–Trinajstić information content (AvgIpc) is 2.87. The summed E-state index contributed by atoms with van der Waals surface area (Å²) in [5.74, 6) is 0.0110. The second-order valence-electron chi connectivity index (χ2n) is 4.75. The lowest BCUT2D eigenvalue weighted by atomic mass is 10.2. The molecular formula is C14H18N2O3. The highest BCUT2D eigenvalue weighted by Crippen LogP contribution is 2.17. The van der Waals surface area contributed by atoms with Gasteiger partial charge in [0, 0.05) is 6.54 Å².